The van der Waals surface area contributed by atoms with E-state index in [4.69, 9.17) is 0 Å². The molecule has 0 spiro atoms. The van der Waals surface area contributed by atoms with Crippen molar-refractivity contribution in [3.63, 3.8) is 0 Å². The smallest absolute Gasteiger partial charge is 0.261 e. The van der Waals surface area contributed by atoms with Crippen molar-refractivity contribution in [3.05, 3.63) is 24.3 Å². The molecule has 3 unspecified atom stereocenters. The zero-order valence-corrected chi connectivity index (χ0v) is 19.0. The number of aromatic nitrogens is 2. The van der Waals surface area contributed by atoms with Gasteiger partial charge in [-0.2, -0.15) is 5.26 Å². The Hall–Kier alpha value is -2.16. The molecule has 1 aromatic rings. The van der Waals surface area contributed by atoms with Gasteiger partial charge >= 0.3 is 0 Å². The van der Waals surface area contributed by atoms with Crippen LogP contribution in [0.15, 0.2) is 18.7 Å². The Bertz CT molecular complexity index is 939. The van der Waals surface area contributed by atoms with Gasteiger partial charge in [0.25, 0.3) is 11.8 Å². The Morgan fingerprint density at radius 3 is 2.43 bits per heavy atom. The SMILES string of the molecule is CC(=O)S[C@@]1(C)C(=O)N2C(c3cncnc3)[C@@](C)(C#N)CC2(SC(C)O)C(=O)N1C. The standard InChI is InChI=1S/C19H23N5O4S2/c1-11(25)29-18(4)15(27)24-14(13-6-21-10-22-7-13)17(3,9-20)8-19(24,30-12(2)26)16(28)23(18)5/h6-7,10,12,14,26H,8H2,1-5H3/t12?,14?,17-,18+,19?/m1/s1. The number of amides is 2. The van der Waals surface area contributed by atoms with Crippen LogP contribution in [-0.4, -0.2) is 64.0 Å². The Kier molecular flexibility index (Phi) is 5.64. The minimum atomic E-state index is -1.50. The first-order chi connectivity index (χ1) is 13.9. The monoisotopic (exact) mass is 449 g/mol. The fourth-order valence-corrected chi connectivity index (χ4v) is 6.80. The maximum atomic E-state index is 13.9. The molecule has 1 aromatic heterocycles. The van der Waals surface area contributed by atoms with E-state index in [2.05, 4.69) is 16.0 Å². The van der Waals surface area contributed by atoms with Crippen LogP contribution in [0.5, 0.6) is 0 Å². The Morgan fingerprint density at radius 1 is 1.33 bits per heavy atom. The molecule has 2 amide bonds. The summed E-state index contributed by atoms with van der Waals surface area (Å²) in [5, 5.41) is 20.0. The number of aliphatic hydroxyl groups is 1. The summed E-state index contributed by atoms with van der Waals surface area (Å²) in [5.41, 5.74) is -1.61. The highest BCUT2D eigenvalue weighted by molar-refractivity contribution is 8.15. The third-order valence-electron chi connectivity index (χ3n) is 5.61. The molecule has 160 valence electrons. The molecule has 5 atom stereocenters. The first-order valence-electron chi connectivity index (χ1n) is 9.26. The molecule has 2 saturated heterocycles. The zero-order chi connectivity index (χ0) is 22.5. The van der Waals surface area contributed by atoms with Crippen LogP contribution in [0.1, 0.15) is 45.7 Å². The summed E-state index contributed by atoms with van der Waals surface area (Å²) in [7, 11) is 1.47. The van der Waals surface area contributed by atoms with Gasteiger partial charge in [0, 0.05) is 38.3 Å². The van der Waals surface area contributed by atoms with Crippen LogP contribution in [0.2, 0.25) is 0 Å². The summed E-state index contributed by atoms with van der Waals surface area (Å²) < 4.78 is 0. The highest BCUT2D eigenvalue weighted by Gasteiger charge is 2.71. The van der Waals surface area contributed by atoms with Crippen molar-refractivity contribution in [1.29, 1.82) is 5.26 Å². The van der Waals surface area contributed by atoms with Gasteiger partial charge in [-0.1, -0.05) is 23.5 Å². The molecule has 0 saturated carbocycles. The van der Waals surface area contributed by atoms with E-state index in [1.165, 1.54) is 56.3 Å². The minimum absolute atomic E-state index is 0.0152. The summed E-state index contributed by atoms with van der Waals surface area (Å²) in [4.78, 5) is 47.3. The van der Waals surface area contributed by atoms with E-state index < -0.39 is 38.4 Å². The Balaban J connectivity index is 2.29. The predicted molar refractivity (Wildman–Crippen MR) is 111 cm³/mol. The molecule has 3 rings (SSSR count). The number of rotatable bonds is 4. The predicted octanol–water partition coefficient (Wildman–Crippen LogP) is 1.52. The summed E-state index contributed by atoms with van der Waals surface area (Å²) in [6.45, 7) is 6.05. The quantitative estimate of drug-likeness (QED) is 0.680. The number of likely N-dealkylation sites (N-methyl/N-ethyl adjacent to an activating group) is 1. The van der Waals surface area contributed by atoms with Gasteiger partial charge in [-0.05, 0) is 20.8 Å². The molecule has 0 radical (unpaired) electrons. The van der Waals surface area contributed by atoms with Gasteiger partial charge in [0.05, 0.1) is 23.0 Å². The molecule has 11 heteroatoms. The van der Waals surface area contributed by atoms with Gasteiger partial charge in [0.2, 0.25) is 0 Å². The van der Waals surface area contributed by atoms with E-state index >= 15 is 0 Å². The summed E-state index contributed by atoms with van der Waals surface area (Å²) in [5.74, 6) is -0.921. The lowest BCUT2D eigenvalue weighted by atomic mass is 9.80. The topological polar surface area (TPSA) is 127 Å². The number of carbonyl (C=O) groups excluding carboxylic acids is 3. The van der Waals surface area contributed by atoms with Crippen molar-refractivity contribution < 1.29 is 19.5 Å². The number of piperazine rings is 1. The maximum absolute atomic E-state index is 13.9. The van der Waals surface area contributed by atoms with Crippen molar-refractivity contribution >= 4 is 40.5 Å². The molecule has 0 aliphatic carbocycles. The third-order valence-corrected chi connectivity index (χ3v) is 7.99. The lowest BCUT2D eigenvalue weighted by Gasteiger charge is -2.53. The van der Waals surface area contributed by atoms with E-state index in [0.717, 1.165) is 23.5 Å². The number of hydrogen-bond donors (Lipinski definition) is 1. The second-order valence-electron chi connectivity index (χ2n) is 7.90. The van der Waals surface area contributed by atoms with Gasteiger partial charge in [-0.3, -0.25) is 14.4 Å². The van der Waals surface area contributed by atoms with Crippen molar-refractivity contribution in [2.24, 2.45) is 5.41 Å². The summed E-state index contributed by atoms with van der Waals surface area (Å²) >= 11 is 1.69. The summed E-state index contributed by atoms with van der Waals surface area (Å²) in [6, 6.07) is 1.45. The number of hydrogen-bond acceptors (Lipinski definition) is 9. The molecule has 0 bridgehead atoms. The van der Waals surface area contributed by atoms with Crippen molar-refractivity contribution in [2.75, 3.05) is 7.05 Å². The lowest BCUT2D eigenvalue weighted by molar-refractivity contribution is -0.163. The van der Waals surface area contributed by atoms with E-state index in [1.807, 2.05) is 0 Å². The van der Waals surface area contributed by atoms with Crippen molar-refractivity contribution in [1.82, 2.24) is 19.8 Å². The van der Waals surface area contributed by atoms with Crippen LogP contribution in [0, 0.1) is 16.7 Å². The van der Waals surface area contributed by atoms with Crippen LogP contribution in [0.3, 0.4) is 0 Å². The van der Waals surface area contributed by atoms with E-state index in [0.29, 0.717) is 5.56 Å². The number of nitrogens with zero attached hydrogens (tertiary/aromatic N) is 5. The van der Waals surface area contributed by atoms with Crippen molar-refractivity contribution in [2.45, 2.75) is 55.3 Å². The first-order valence-corrected chi connectivity index (χ1v) is 11.0. The number of aliphatic hydroxyl groups excluding tert-OH is 1. The Labute approximate surface area is 183 Å². The van der Waals surface area contributed by atoms with E-state index in [1.54, 1.807) is 6.92 Å². The second kappa shape index (κ2) is 7.51. The minimum Gasteiger partial charge on any atom is -0.383 e. The maximum Gasteiger partial charge on any atom is 0.261 e. The van der Waals surface area contributed by atoms with Crippen LogP contribution in [0.4, 0.5) is 0 Å². The van der Waals surface area contributed by atoms with Crippen LogP contribution >= 0.6 is 23.5 Å². The molecule has 3 heterocycles. The van der Waals surface area contributed by atoms with Crippen LogP contribution < -0.4 is 0 Å². The highest BCUT2D eigenvalue weighted by Crippen LogP contribution is 2.62. The van der Waals surface area contributed by atoms with E-state index in [-0.39, 0.29) is 11.5 Å². The normalized spacial score (nSPS) is 34.5. The average Bonchev–Trinajstić information content (AvgIpc) is 2.94. The lowest BCUT2D eigenvalue weighted by Crippen LogP contribution is -2.71. The Morgan fingerprint density at radius 2 is 1.93 bits per heavy atom. The molecule has 2 fully saturated rings. The largest absolute Gasteiger partial charge is 0.383 e. The highest BCUT2D eigenvalue weighted by atomic mass is 32.2. The van der Waals surface area contributed by atoms with Gasteiger partial charge in [-0.15, -0.1) is 0 Å². The molecule has 9 nitrogen and oxygen atoms in total. The van der Waals surface area contributed by atoms with Gasteiger partial charge in [0.15, 0.2) is 14.9 Å². The first kappa shape index (κ1) is 22.5. The second-order valence-corrected chi connectivity index (χ2v) is 11.1. The fraction of sp³-hybridized carbons (Fsp3) is 0.579. The molecular formula is C19H23N5O4S2. The molecule has 2 aliphatic heterocycles. The van der Waals surface area contributed by atoms with Gasteiger partial charge in [-0.25, -0.2) is 9.97 Å². The van der Waals surface area contributed by atoms with E-state index in [9.17, 15) is 24.8 Å². The zero-order valence-electron chi connectivity index (χ0n) is 17.3. The molecule has 2 aliphatic rings. The van der Waals surface area contributed by atoms with Crippen molar-refractivity contribution in [3.8, 4) is 6.07 Å². The molecule has 1 N–H and O–H groups in total. The molecule has 0 aromatic carbocycles. The number of fused-ring (bicyclic) bond motifs is 1. The third kappa shape index (κ3) is 3.18. The fourth-order valence-electron chi connectivity index (χ4n) is 4.35. The summed E-state index contributed by atoms with van der Waals surface area (Å²) in [6.07, 6.45) is 4.39. The van der Waals surface area contributed by atoms with Gasteiger partial charge in [0.1, 0.15) is 6.33 Å². The molecule has 30 heavy (non-hydrogen) atoms. The van der Waals surface area contributed by atoms with Gasteiger partial charge < -0.3 is 14.9 Å². The number of thioether (sulfide) groups is 2. The average molecular weight is 450 g/mol. The number of nitriles is 1. The van der Waals surface area contributed by atoms with Crippen LogP contribution in [-0.2, 0) is 14.4 Å². The van der Waals surface area contributed by atoms with Crippen LogP contribution in [0.25, 0.3) is 0 Å². The number of carbonyl (C=O) groups is 3. The molecular weight excluding hydrogens is 426 g/mol.